The topological polar surface area (TPSA) is 32.3 Å². The zero-order valence-electron chi connectivity index (χ0n) is 8.74. The molecule has 0 spiro atoms. The molecule has 2 aliphatic heterocycles. The molecular weight excluding hydrogens is 194 g/mol. The van der Waals surface area contributed by atoms with Crippen molar-refractivity contribution < 1.29 is 5.11 Å². The molecule has 2 rings (SSSR count). The summed E-state index contributed by atoms with van der Waals surface area (Å²) in [5.41, 5.74) is 0. The van der Waals surface area contributed by atoms with E-state index in [-0.39, 0.29) is 6.10 Å². The summed E-state index contributed by atoms with van der Waals surface area (Å²) >= 11 is 1.99. The SMILES string of the molecule is OC(C1CCSC1)C1CCCCCN1. The molecule has 2 heterocycles. The van der Waals surface area contributed by atoms with E-state index in [0.717, 1.165) is 6.54 Å². The summed E-state index contributed by atoms with van der Waals surface area (Å²) in [4.78, 5) is 0. The van der Waals surface area contributed by atoms with Crippen LogP contribution in [0.4, 0.5) is 0 Å². The molecular formula is C11H21NOS. The smallest absolute Gasteiger partial charge is 0.0729 e. The predicted octanol–water partition coefficient (Wildman–Crippen LogP) is 1.63. The van der Waals surface area contributed by atoms with Crippen molar-refractivity contribution in [2.75, 3.05) is 18.1 Å². The van der Waals surface area contributed by atoms with E-state index in [2.05, 4.69) is 5.32 Å². The minimum Gasteiger partial charge on any atom is -0.391 e. The van der Waals surface area contributed by atoms with Crippen molar-refractivity contribution in [3.63, 3.8) is 0 Å². The lowest BCUT2D eigenvalue weighted by Crippen LogP contribution is -2.43. The fraction of sp³-hybridized carbons (Fsp3) is 1.00. The summed E-state index contributed by atoms with van der Waals surface area (Å²) in [5.74, 6) is 2.96. The Labute approximate surface area is 90.8 Å². The summed E-state index contributed by atoms with van der Waals surface area (Å²) in [6, 6.07) is 0.376. The monoisotopic (exact) mass is 215 g/mol. The van der Waals surface area contributed by atoms with Crippen LogP contribution in [0.25, 0.3) is 0 Å². The van der Waals surface area contributed by atoms with Crippen LogP contribution in [0.15, 0.2) is 0 Å². The molecule has 3 atom stereocenters. The van der Waals surface area contributed by atoms with Crippen molar-refractivity contribution in [2.45, 2.75) is 44.2 Å². The van der Waals surface area contributed by atoms with Crippen molar-refractivity contribution in [1.29, 1.82) is 0 Å². The van der Waals surface area contributed by atoms with Crippen LogP contribution in [-0.4, -0.2) is 35.3 Å². The molecule has 0 bridgehead atoms. The number of aliphatic hydroxyl groups excluding tert-OH is 1. The first-order valence-electron chi connectivity index (χ1n) is 5.87. The van der Waals surface area contributed by atoms with Gasteiger partial charge in [0.15, 0.2) is 0 Å². The second-order valence-electron chi connectivity index (χ2n) is 4.52. The van der Waals surface area contributed by atoms with Gasteiger partial charge in [0.05, 0.1) is 6.10 Å². The molecule has 2 N–H and O–H groups in total. The molecule has 3 heteroatoms. The maximum Gasteiger partial charge on any atom is 0.0729 e. The Morgan fingerprint density at radius 1 is 1.21 bits per heavy atom. The largest absolute Gasteiger partial charge is 0.391 e. The maximum atomic E-state index is 10.2. The zero-order valence-corrected chi connectivity index (χ0v) is 9.56. The third-order valence-corrected chi connectivity index (χ3v) is 4.65. The van der Waals surface area contributed by atoms with Crippen LogP contribution >= 0.6 is 11.8 Å². The van der Waals surface area contributed by atoms with Crippen LogP contribution in [0.2, 0.25) is 0 Å². The summed E-state index contributed by atoms with van der Waals surface area (Å²) in [7, 11) is 0. The molecule has 2 saturated heterocycles. The normalized spacial score (nSPS) is 36.6. The second kappa shape index (κ2) is 5.38. The molecule has 2 fully saturated rings. The first-order valence-corrected chi connectivity index (χ1v) is 7.02. The number of hydrogen-bond donors (Lipinski definition) is 2. The first kappa shape index (κ1) is 10.8. The van der Waals surface area contributed by atoms with Crippen LogP contribution in [0.5, 0.6) is 0 Å². The Bertz CT molecular complexity index is 163. The van der Waals surface area contributed by atoms with Crippen LogP contribution in [0.3, 0.4) is 0 Å². The molecule has 0 saturated carbocycles. The molecule has 0 aromatic carbocycles. The average molecular weight is 215 g/mol. The summed E-state index contributed by atoms with van der Waals surface area (Å²) in [6.45, 7) is 1.10. The molecule has 3 unspecified atom stereocenters. The van der Waals surface area contributed by atoms with E-state index in [1.807, 2.05) is 11.8 Å². The van der Waals surface area contributed by atoms with Gasteiger partial charge in [-0.25, -0.2) is 0 Å². The van der Waals surface area contributed by atoms with E-state index in [1.165, 1.54) is 43.6 Å². The Morgan fingerprint density at radius 3 is 2.93 bits per heavy atom. The highest BCUT2D eigenvalue weighted by atomic mass is 32.2. The summed E-state index contributed by atoms with van der Waals surface area (Å²) in [5, 5.41) is 13.7. The highest BCUT2D eigenvalue weighted by Crippen LogP contribution is 2.29. The van der Waals surface area contributed by atoms with E-state index < -0.39 is 0 Å². The van der Waals surface area contributed by atoms with Crippen LogP contribution < -0.4 is 5.32 Å². The second-order valence-corrected chi connectivity index (χ2v) is 5.67. The lowest BCUT2D eigenvalue weighted by atomic mass is 9.93. The number of rotatable bonds is 2. The fourth-order valence-corrected chi connectivity index (χ4v) is 3.80. The van der Waals surface area contributed by atoms with E-state index in [0.29, 0.717) is 12.0 Å². The lowest BCUT2D eigenvalue weighted by Gasteiger charge is -2.26. The van der Waals surface area contributed by atoms with Gasteiger partial charge in [-0.15, -0.1) is 0 Å². The molecule has 0 aliphatic carbocycles. The van der Waals surface area contributed by atoms with E-state index in [4.69, 9.17) is 0 Å². The van der Waals surface area contributed by atoms with Gasteiger partial charge in [0.2, 0.25) is 0 Å². The van der Waals surface area contributed by atoms with Crippen molar-refractivity contribution >= 4 is 11.8 Å². The van der Waals surface area contributed by atoms with Crippen molar-refractivity contribution in [3.05, 3.63) is 0 Å². The third-order valence-electron chi connectivity index (χ3n) is 3.46. The zero-order chi connectivity index (χ0) is 9.80. The molecule has 0 radical (unpaired) electrons. The average Bonchev–Trinajstić information content (AvgIpc) is 2.59. The van der Waals surface area contributed by atoms with Gasteiger partial charge in [-0.1, -0.05) is 12.8 Å². The highest BCUT2D eigenvalue weighted by Gasteiger charge is 2.30. The van der Waals surface area contributed by atoms with Crippen molar-refractivity contribution in [3.8, 4) is 0 Å². The quantitative estimate of drug-likeness (QED) is 0.734. The van der Waals surface area contributed by atoms with Gasteiger partial charge in [-0.2, -0.15) is 11.8 Å². The number of aliphatic hydroxyl groups is 1. The van der Waals surface area contributed by atoms with E-state index in [9.17, 15) is 5.11 Å². The molecule has 14 heavy (non-hydrogen) atoms. The molecule has 2 aliphatic rings. The van der Waals surface area contributed by atoms with E-state index in [1.54, 1.807) is 0 Å². The minimum atomic E-state index is -0.0944. The van der Waals surface area contributed by atoms with Crippen LogP contribution in [0.1, 0.15) is 32.1 Å². The number of nitrogens with one attached hydrogen (secondary N) is 1. The Kier molecular flexibility index (Phi) is 4.14. The molecule has 0 aromatic heterocycles. The van der Waals surface area contributed by atoms with Gasteiger partial charge in [0.1, 0.15) is 0 Å². The van der Waals surface area contributed by atoms with Gasteiger partial charge in [0.25, 0.3) is 0 Å². The molecule has 82 valence electrons. The van der Waals surface area contributed by atoms with Gasteiger partial charge in [-0.3, -0.25) is 0 Å². The number of thioether (sulfide) groups is 1. The lowest BCUT2D eigenvalue weighted by molar-refractivity contribution is 0.0772. The van der Waals surface area contributed by atoms with Crippen LogP contribution in [-0.2, 0) is 0 Å². The molecule has 2 nitrogen and oxygen atoms in total. The fourth-order valence-electron chi connectivity index (χ4n) is 2.50. The Hall–Kier alpha value is 0.270. The van der Waals surface area contributed by atoms with Gasteiger partial charge in [-0.05, 0) is 43.2 Å². The number of hydrogen-bond acceptors (Lipinski definition) is 3. The van der Waals surface area contributed by atoms with Gasteiger partial charge < -0.3 is 10.4 Å². The van der Waals surface area contributed by atoms with E-state index >= 15 is 0 Å². The van der Waals surface area contributed by atoms with Crippen molar-refractivity contribution in [2.24, 2.45) is 5.92 Å². The Balaban J connectivity index is 1.84. The van der Waals surface area contributed by atoms with Crippen LogP contribution in [0, 0.1) is 5.92 Å². The van der Waals surface area contributed by atoms with Gasteiger partial charge in [0, 0.05) is 6.04 Å². The Morgan fingerprint density at radius 2 is 2.14 bits per heavy atom. The summed E-state index contributed by atoms with van der Waals surface area (Å²) in [6.07, 6.45) is 6.18. The van der Waals surface area contributed by atoms with Gasteiger partial charge >= 0.3 is 0 Å². The molecule has 0 aromatic rings. The van der Waals surface area contributed by atoms with Crippen molar-refractivity contribution in [1.82, 2.24) is 5.32 Å². The standard InChI is InChI=1S/C11H21NOS/c13-11(9-5-7-14-8-9)10-4-2-1-3-6-12-10/h9-13H,1-8H2. The highest BCUT2D eigenvalue weighted by molar-refractivity contribution is 7.99. The minimum absolute atomic E-state index is 0.0944. The molecule has 0 amide bonds. The summed E-state index contributed by atoms with van der Waals surface area (Å²) < 4.78 is 0. The maximum absolute atomic E-state index is 10.2. The predicted molar refractivity (Wildman–Crippen MR) is 61.7 cm³/mol. The third kappa shape index (κ3) is 2.65. The first-order chi connectivity index (χ1) is 6.88.